The van der Waals surface area contributed by atoms with Crippen LogP contribution in [0, 0.1) is 0 Å². The van der Waals surface area contributed by atoms with Crippen LogP contribution in [0.5, 0.6) is 0 Å². The van der Waals surface area contributed by atoms with Gasteiger partial charge in [0.25, 0.3) is 0 Å². The third kappa shape index (κ3) is 3.28. The first-order valence-corrected chi connectivity index (χ1v) is 5.89. The lowest BCUT2D eigenvalue weighted by atomic mass is 10.1. The molecule has 0 saturated heterocycles. The molecule has 0 aliphatic rings. The van der Waals surface area contributed by atoms with Gasteiger partial charge in [-0.3, -0.25) is 9.59 Å². The average Bonchev–Trinajstić information content (AvgIpc) is 2.77. The molecule has 1 aromatic heterocycles. The van der Waals surface area contributed by atoms with Gasteiger partial charge in [-0.25, -0.2) is 0 Å². The van der Waals surface area contributed by atoms with Crippen LogP contribution in [0.4, 0.5) is 0 Å². The van der Waals surface area contributed by atoms with E-state index in [1.54, 1.807) is 36.4 Å². The molecule has 0 unspecified atom stereocenters. The molecule has 0 atom stereocenters. The van der Waals surface area contributed by atoms with Crippen LogP contribution in [-0.2, 0) is 11.2 Å². The lowest BCUT2D eigenvalue weighted by molar-refractivity contribution is -0.136. The van der Waals surface area contributed by atoms with Crippen molar-refractivity contribution in [3.05, 3.63) is 57.8 Å². The molecule has 0 aliphatic heterocycles. The van der Waals surface area contributed by atoms with Crippen LogP contribution in [-0.4, -0.2) is 16.9 Å². The number of carbonyl (C=O) groups is 2. The summed E-state index contributed by atoms with van der Waals surface area (Å²) in [5.74, 6) is -0.946. The van der Waals surface area contributed by atoms with Gasteiger partial charge in [0.1, 0.15) is 0 Å². The Morgan fingerprint density at radius 2 is 1.72 bits per heavy atom. The van der Waals surface area contributed by atoms with Crippen LogP contribution in [0.15, 0.2) is 42.5 Å². The van der Waals surface area contributed by atoms with Crippen molar-refractivity contribution in [3.63, 3.8) is 0 Å². The van der Waals surface area contributed by atoms with Gasteiger partial charge in [0.2, 0.25) is 5.78 Å². The van der Waals surface area contributed by atoms with Crippen molar-refractivity contribution in [2.45, 2.75) is 13.8 Å². The predicted molar refractivity (Wildman–Crippen MR) is 72.3 cm³/mol. The maximum absolute atomic E-state index is 12.0. The molecule has 0 saturated carbocycles. The zero-order valence-electron chi connectivity index (χ0n) is 8.92. The summed E-state index contributed by atoms with van der Waals surface area (Å²) in [5, 5.41) is 8.65. The van der Waals surface area contributed by atoms with Gasteiger partial charge >= 0.3 is 5.97 Å². The number of carbonyl (C=O) groups excluding carboxylic acids is 1. The first-order valence-electron chi connectivity index (χ1n) is 5.07. The van der Waals surface area contributed by atoms with Crippen molar-refractivity contribution in [2.24, 2.45) is 0 Å². The number of carboxylic acid groups (broad SMARTS) is 1. The van der Waals surface area contributed by atoms with Crippen molar-refractivity contribution in [2.75, 3.05) is 0 Å². The van der Waals surface area contributed by atoms with Gasteiger partial charge in [-0.15, -0.1) is 11.3 Å². The Morgan fingerprint density at radius 3 is 2.33 bits per heavy atom. The minimum Gasteiger partial charge on any atom is -0.481 e. The van der Waals surface area contributed by atoms with E-state index in [-0.39, 0.29) is 19.6 Å². The topological polar surface area (TPSA) is 54.4 Å². The summed E-state index contributed by atoms with van der Waals surface area (Å²) in [4.78, 5) is 23.8. The summed E-state index contributed by atoms with van der Waals surface area (Å²) >= 11 is 1.23. The van der Waals surface area contributed by atoms with Crippen molar-refractivity contribution < 1.29 is 14.7 Å². The summed E-state index contributed by atoms with van der Waals surface area (Å²) in [6.07, 6.45) is -0.0350. The first kappa shape index (κ1) is 14.1. The second kappa shape index (κ2) is 6.12. The largest absolute Gasteiger partial charge is 0.481 e. The molecule has 1 aromatic carbocycles. The zero-order valence-corrected chi connectivity index (χ0v) is 9.74. The molecule has 18 heavy (non-hydrogen) atoms. The van der Waals surface area contributed by atoms with E-state index >= 15 is 0 Å². The van der Waals surface area contributed by atoms with Crippen molar-refractivity contribution in [1.29, 1.82) is 0 Å². The fourth-order valence-electron chi connectivity index (χ4n) is 1.48. The van der Waals surface area contributed by atoms with E-state index in [0.29, 0.717) is 15.3 Å². The van der Waals surface area contributed by atoms with Crippen LogP contribution >= 0.6 is 11.3 Å². The molecule has 1 heterocycles. The minimum atomic E-state index is -0.884. The molecule has 1 N–H and O–H groups in total. The van der Waals surface area contributed by atoms with Crippen LogP contribution in [0.2, 0.25) is 0 Å². The SMILES string of the molecule is C.O=C(O)Cc1ccc(C(=O)c2ccccc2)s1. The van der Waals surface area contributed by atoms with Crippen molar-refractivity contribution >= 4 is 23.1 Å². The summed E-state index contributed by atoms with van der Waals surface area (Å²) in [7, 11) is 0. The van der Waals surface area contributed by atoms with Gasteiger partial charge in [-0.2, -0.15) is 0 Å². The smallest absolute Gasteiger partial charge is 0.308 e. The standard InChI is InChI=1S/C13H10O3S.CH4/c14-12(15)8-10-6-7-11(17-10)13(16)9-4-2-1-3-5-9;/h1-7H,8H2,(H,14,15);1H4. The van der Waals surface area contributed by atoms with E-state index < -0.39 is 5.97 Å². The highest BCUT2D eigenvalue weighted by atomic mass is 32.1. The summed E-state index contributed by atoms with van der Waals surface area (Å²) in [5.41, 5.74) is 0.622. The van der Waals surface area contributed by atoms with E-state index in [1.165, 1.54) is 11.3 Å². The molecule has 2 aromatic rings. The maximum atomic E-state index is 12.0. The van der Waals surface area contributed by atoms with Crippen LogP contribution in [0.25, 0.3) is 0 Å². The van der Waals surface area contributed by atoms with E-state index in [2.05, 4.69) is 0 Å². The number of carboxylic acids is 1. The van der Waals surface area contributed by atoms with E-state index in [4.69, 9.17) is 5.11 Å². The Labute approximate surface area is 110 Å². The number of benzene rings is 1. The number of hydrogen-bond acceptors (Lipinski definition) is 3. The average molecular weight is 262 g/mol. The lowest BCUT2D eigenvalue weighted by Crippen LogP contribution is -1.98. The summed E-state index contributed by atoms with van der Waals surface area (Å²) in [6, 6.07) is 12.3. The molecular formula is C14H14O3S. The van der Waals surface area contributed by atoms with Crippen LogP contribution < -0.4 is 0 Å². The Balaban J connectivity index is 0.00000162. The zero-order chi connectivity index (χ0) is 12.3. The van der Waals surface area contributed by atoms with Crippen molar-refractivity contribution in [1.82, 2.24) is 0 Å². The first-order chi connectivity index (χ1) is 8.16. The number of hydrogen-bond donors (Lipinski definition) is 1. The Bertz CT molecular complexity index is 543. The van der Waals surface area contributed by atoms with Gasteiger partial charge < -0.3 is 5.11 Å². The third-order valence-electron chi connectivity index (χ3n) is 2.25. The summed E-state index contributed by atoms with van der Waals surface area (Å²) in [6.45, 7) is 0. The molecule has 4 heteroatoms. The van der Waals surface area contributed by atoms with Crippen molar-refractivity contribution in [3.8, 4) is 0 Å². The molecule has 0 spiro atoms. The summed E-state index contributed by atoms with van der Waals surface area (Å²) < 4.78 is 0. The minimum absolute atomic E-state index is 0. The fraction of sp³-hybridized carbons (Fsp3) is 0.143. The van der Waals surface area contributed by atoms with Crippen LogP contribution in [0.3, 0.4) is 0 Å². The molecule has 0 radical (unpaired) electrons. The monoisotopic (exact) mass is 262 g/mol. The predicted octanol–water partition coefficient (Wildman–Crippen LogP) is 3.24. The highest BCUT2D eigenvalue weighted by molar-refractivity contribution is 7.14. The molecule has 2 rings (SSSR count). The highest BCUT2D eigenvalue weighted by Crippen LogP contribution is 2.20. The van der Waals surface area contributed by atoms with Gasteiger partial charge in [0.05, 0.1) is 11.3 Å². The molecular weight excluding hydrogens is 248 g/mol. The Kier molecular flexibility index (Phi) is 4.80. The normalized spacial score (nSPS) is 9.56. The van der Waals surface area contributed by atoms with Gasteiger partial charge in [-0.1, -0.05) is 37.8 Å². The number of ketones is 1. The lowest BCUT2D eigenvalue weighted by Gasteiger charge is -1.96. The van der Waals surface area contributed by atoms with Gasteiger partial charge in [0.15, 0.2) is 0 Å². The molecule has 0 aliphatic carbocycles. The molecule has 0 amide bonds. The third-order valence-corrected chi connectivity index (χ3v) is 3.33. The Hall–Kier alpha value is -1.94. The fourth-order valence-corrected chi connectivity index (χ4v) is 2.44. The second-order valence-electron chi connectivity index (χ2n) is 3.53. The Morgan fingerprint density at radius 1 is 1.06 bits per heavy atom. The van der Waals surface area contributed by atoms with Gasteiger partial charge in [-0.05, 0) is 12.1 Å². The second-order valence-corrected chi connectivity index (χ2v) is 4.70. The van der Waals surface area contributed by atoms with E-state index in [1.807, 2.05) is 6.07 Å². The number of aliphatic carboxylic acids is 1. The quantitative estimate of drug-likeness (QED) is 0.860. The maximum Gasteiger partial charge on any atom is 0.308 e. The molecule has 0 bridgehead atoms. The van der Waals surface area contributed by atoms with Crippen LogP contribution in [0.1, 0.15) is 27.5 Å². The number of rotatable bonds is 4. The molecule has 0 fully saturated rings. The van der Waals surface area contributed by atoms with E-state index in [9.17, 15) is 9.59 Å². The van der Waals surface area contributed by atoms with Gasteiger partial charge in [0, 0.05) is 10.4 Å². The molecule has 3 nitrogen and oxygen atoms in total. The van der Waals surface area contributed by atoms with E-state index in [0.717, 1.165) is 0 Å². The highest BCUT2D eigenvalue weighted by Gasteiger charge is 2.12. The molecule has 94 valence electrons. The number of thiophene rings is 1.